The van der Waals surface area contributed by atoms with Gasteiger partial charge in [0.05, 0.1) is 5.70 Å². The first-order valence-corrected chi connectivity index (χ1v) is 7.12. The minimum Gasteiger partial charge on any atom is -0.269 e. The maximum Gasteiger partial charge on any atom is 0.106 e. The van der Waals surface area contributed by atoms with Gasteiger partial charge in [0.2, 0.25) is 0 Å². The molecule has 3 rings (SSSR count). The van der Waals surface area contributed by atoms with E-state index in [1.807, 2.05) is 30.3 Å². The molecule has 1 heterocycles. The van der Waals surface area contributed by atoms with Crippen LogP contribution in [0.2, 0.25) is 5.02 Å². The van der Waals surface area contributed by atoms with E-state index in [9.17, 15) is 0 Å². The number of benzene rings is 2. The summed E-state index contributed by atoms with van der Waals surface area (Å²) in [6, 6.07) is 18.2. The molecule has 1 unspecified atom stereocenters. The molecule has 1 atom stereocenters. The van der Waals surface area contributed by atoms with Crippen molar-refractivity contribution in [1.82, 2.24) is 5.48 Å². The average Bonchev–Trinajstić information content (AvgIpc) is 2.96. The van der Waals surface area contributed by atoms with Gasteiger partial charge in [-0.3, -0.25) is 10.3 Å². The molecule has 0 amide bonds. The van der Waals surface area contributed by atoms with Crippen LogP contribution in [0.1, 0.15) is 17.5 Å². The highest BCUT2D eigenvalue weighted by Gasteiger charge is 2.17. The maximum absolute atomic E-state index is 5.89. The lowest BCUT2D eigenvalue weighted by Gasteiger charge is -2.07. The van der Waals surface area contributed by atoms with Crippen molar-refractivity contribution < 1.29 is 4.84 Å². The summed E-state index contributed by atoms with van der Waals surface area (Å²) in [5.74, 6) is 0. The van der Waals surface area contributed by atoms with Crippen LogP contribution < -0.4 is 5.48 Å². The smallest absolute Gasteiger partial charge is 0.106 e. The van der Waals surface area contributed by atoms with Crippen molar-refractivity contribution in [2.45, 2.75) is 18.9 Å². The monoisotopic (exact) mass is 285 g/mol. The summed E-state index contributed by atoms with van der Waals surface area (Å²) in [6.45, 7) is 0. The van der Waals surface area contributed by atoms with Gasteiger partial charge in [0.1, 0.15) is 6.10 Å². The zero-order valence-electron chi connectivity index (χ0n) is 11.1. The highest BCUT2D eigenvalue weighted by atomic mass is 35.5. The quantitative estimate of drug-likeness (QED) is 0.908. The summed E-state index contributed by atoms with van der Waals surface area (Å²) in [5, 5.41) is 0.744. The fourth-order valence-electron chi connectivity index (χ4n) is 2.27. The Balaban J connectivity index is 1.62. The topological polar surface area (TPSA) is 21.3 Å². The van der Waals surface area contributed by atoms with Crippen molar-refractivity contribution >= 4 is 17.3 Å². The first kappa shape index (κ1) is 13.2. The molecule has 2 aromatic carbocycles. The molecular formula is C17H16ClNO. The molecule has 0 fully saturated rings. The summed E-state index contributed by atoms with van der Waals surface area (Å²) in [6.07, 6.45) is 4.22. The molecule has 0 aliphatic carbocycles. The van der Waals surface area contributed by atoms with Gasteiger partial charge < -0.3 is 0 Å². The van der Waals surface area contributed by atoms with E-state index in [-0.39, 0.29) is 6.10 Å². The second-order valence-electron chi connectivity index (χ2n) is 4.87. The van der Waals surface area contributed by atoms with Crippen molar-refractivity contribution in [2.75, 3.05) is 0 Å². The molecule has 0 spiro atoms. The van der Waals surface area contributed by atoms with E-state index in [0.717, 1.165) is 29.1 Å². The summed E-state index contributed by atoms with van der Waals surface area (Å²) < 4.78 is 0. The Bertz CT molecular complexity index is 592. The summed E-state index contributed by atoms with van der Waals surface area (Å²) >= 11 is 5.89. The van der Waals surface area contributed by atoms with E-state index >= 15 is 0 Å². The van der Waals surface area contributed by atoms with Crippen LogP contribution in [0.3, 0.4) is 0 Å². The van der Waals surface area contributed by atoms with Crippen molar-refractivity contribution in [3.63, 3.8) is 0 Å². The molecule has 1 aliphatic rings. The van der Waals surface area contributed by atoms with Crippen molar-refractivity contribution in [1.29, 1.82) is 0 Å². The molecule has 1 aliphatic heterocycles. The fraction of sp³-hybridized carbons (Fsp3) is 0.176. The van der Waals surface area contributed by atoms with E-state index < -0.39 is 0 Å². The number of halogens is 1. The number of hydrogen-bond donors (Lipinski definition) is 1. The van der Waals surface area contributed by atoms with Gasteiger partial charge in [-0.05, 0) is 42.2 Å². The van der Waals surface area contributed by atoms with Crippen LogP contribution in [0.5, 0.6) is 0 Å². The number of nitrogens with one attached hydrogen (secondary N) is 1. The molecule has 1 N–H and O–H groups in total. The Labute approximate surface area is 124 Å². The Hall–Kier alpha value is -1.77. The summed E-state index contributed by atoms with van der Waals surface area (Å²) in [4.78, 5) is 5.60. The van der Waals surface area contributed by atoms with Crippen LogP contribution in [0.25, 0.3) is 5.70 Å². The second-order valence-corrected chi connectivity index (χ2v) is 5.31. The van der Waals surface area contributed by atoms with E-state index in [1.54, 1.807) is 0 Å². The van der Waals surface area contributed by atoms with Crippen molar-refractivity contribution in [2.24, 2.45) is 0 Å². The molecule has 102 valence electrons. The standard InChI is InChI=1S/C17H16ClNO/c18-15-9-7-14(8-10-15)17-12-16(20-19-17)11-6-13-4-2-1-3-5-13/h1-5,7-10,12,16,19H,6,11H2. The van der Waals surface area contributed by atoms with Crippen LogP contribution >= 0.6 is 11.6 Å². The molecule has 0 bridgehead atoms. The molecular weight excluding hydrogens is 270 g/mol. The SMILES string of the molecule is Clc1ccc(C2=CC(CCc3ccccc3)ON2)cc1. The molecule has 0 aromatic heterocycles. The third-order valence-corrected chi connectivity index (χ3v) is 3.64. The normalized spacial score (nSPS) is 17.6. The first-order valence-electron chi connectivity index (χ1n) is 6.74. The van der Waals surface area contributed by atoms with Crippen molar-refractivity contribution in [3.05, 3.63) is 76.8 Å². The predicted molar refractivity (Wildman–Crippen MR) is 82.2 cm³/mol. The van der Waals surface area contributed by atoms with Gasteiger partial charge in [0.25, 0.3) is 0 Å². The lowest BCUT2D eigenvalue weighted by molar-refractivity contribution is 0.0470. The van der Waals surface area contributed by atoms with Crippen LogP contribution in [0.4, 0.5) is 0 Å². The second kappa shape index (κ2) is 6.12. The lowest BCUT2D eigenvalue weighted by atomic mass is 10.1. The molecule has 0 radical (unpaired) electrons. The zero-order valence-corrected chi connectivity index (χ0v) is 11.8. The highest BCUT2D eigenvalue weighted by molar-refractivity contribution is 6.30. The van der Waals surface area contributed by atoms with Gasteiger partial charge in [0, 0.05) is 5.02 Å². The van der Waals surface area contributed by atoms with Crippen LogP contribution in [-0.4, -0.2) is 6.10 Å². The maximum atomic E-state index is 5.89. The minimum atomic E-state index is 0.112. The Morgan fingerprint density at radius 3 is 2.50 bits per heavy atom. The predicted octanol–water partition coefficient (Wildman–Crippen LogP) is 4.22. The Kier molecular flexibility index (Phi) is 4.05. The molecule has 0 saturated carbocycles. The third-order valence-electron chi connectivity index (χ3n) is 3.39. The number of hydrogen-bond acceptors (Lipinski definition) is 2. The fourth-order valence-corrected chi connectivity index (χ4v) is 2.40. The molecule has 2 aromatic rings. The molecule has 2 nitrogen and oxygen atoms in total. The van der Waals surface area contributed by atoms with E-state index in [4.69, 9.17) is 16.4 Å². The average molecular weight is 286 g/mol. The summed E-state index contributed by atoms with van der Waals surface area (Å²) in [7, 11) is 0. The third kappa shape index (κ3) is 3.21. The molecule has 0 saturated heterocycles. The van der Waals surface area contributed by atoms with Crippen LogP contribution in [0, 0.1) is 0 Å². The van der Waals surface area contributed by atoms with E-state index in [2.05, 4.69) is 35.8 Å². The molecule has 3 heteroatoms. The van der Waals surface area contributed by atoms with Crippen LogP contribution in [0.15, 0.2) is 60.7 Å². The number of aryl methyl sites for hydroxylation is 1. The first-order chi connectivity index (χ1) is 9.81. The van der Waals surface area contributed by atoms with Gasteiger partial charge in [-0.1, -0.05) is 54.1 Å². The Morgan fingerprint density at radius 2 is 1.75 bits per heavy atom. The number of rotatable bonds is 4. The minimum absolute atomic E-state index is 0.112. The van der Waals surface area contributed by atoms with Gasteiger partial charge in [0.15, 0.2) is 0 Å². The highest BCUT2D eigenvalue weighted by Crippen LogP contribution is 2.22. The summed E-state index contributed by atoms with van der Waals surface area (Å²) in [5.41, 5.74) is 6.44. The van der Waals surface area contributed by atoms with Crippen LogP contribution in [-0.2, 0) is 11.3 Å². The van der Waals surface area contributed by atoms with Gasteiger partial charge in [-0.15, -0.1) is 0 Å². The van der Waals surface area contributed by atoms with Gasteiger partial charge >= 0.3 is 0 Å². The largest absolute Gasteiger partial charge is 0.269 e. The van der Waals surface area contributed by atoms with Crippen molar-refractivity contribution in [3.8, 4) is 0 Å². The van der Waals surface area contributed by atoms with E-state index in [0.29, 0.717) is 0 Å². The zero-order chi connectivity index (χ0) is 13.8. The lowest BCUT2D eigenvalue weighted by Crippen LogP contribution is -2.12. The number of hydroxylamine groups is 1. The Morgan fingerprint density at radius 1 is 1.00 bits per heavy atom. The molecule has 20 heavy (non-hydrogen) atoms. The van der Waals surface area contributed by atoms with Gasteiger partial charge in [-0.2, -0.15) is 0 Å². The van der Waals surface area contributed by atoms with Gasteiger partial charge in [-0.25, -0.2) is 0 Å². The van der Waals surface area contributed by atoms with E-state index in [1.165, 1.54) is 5.56 Å².